The average Bonchev–Trinajstić information content (AvgIpc) is 2.59. The first-order valence-electron chi connectivity index (χ1n) is 7.91. The fourth-order valence-electron chi connectivity index (χ4n) is 2.69. The van der Waals surface area contributed by atoms with Gasteiger partial charge in [-0.1, -0.05) is 30.3 Å². The number of fused-ring (bicyclic) bond motifs is 1. The maximum Gasteiger partial charge on any atom is 0.120 e. The zero-order chi connectivity index (χ0) is 15.2. The van der Waals surface area contributed by atoms with E-state index in [9.17, 15) is 5.11 Å². The molecule has 1 fully saturated rings. The molecule has 1 N–H and O–H groups in total. The molecule has 0 amide bonds. The van der Waals surface area contributed by atoms with Crippen LogP contribution < -0.4 is 4.74 Å². The molecular formula is C18H23NO3. The number of hydrogen-bond donors (Lipinski definition) is 1. The summed E-state index contributed by atoms with van der Waals surface area (Å²) >= 11 is 0. The van der Waals surface area contributed by atoms with Crippen LogP contribution in [0.1, 0.15) is 6.42 Å². The number of morpholine rings is 1. The first-order valence-corrected chi connectivity index (χ1v) is 7.91. The van der Waals surface area contributed by atoms with Crippen LogP contribution in [0.4, 0.5) is 0 Å². The molecule has 0 aromatic heterocycles. The van der Waals surface area contributed by atoms with Gasteiger partial charge in [0.2, 0.25) is 0 Å². The van der Waals surface area contributed by atoms with Gasteiger partial charge in [-0.15, -0.1) is 0 Å². The minimum atomic E-state index is -0.436. The van der Waals surface area contributed by atoms with Crippen molar-refractivity contribution < 1.29 is 14.6 Å². The van der Waals surface area contributed by atoms with Gasteiger partial charge in [0, 0.05) is 19.6 Å². The summed E-state index contributed by atoms with van der Waals surface area (Å²) < 4.78 is 11.0. The zero-order valence-electron chi connectivity index (χ0n) is 12.8. The van der Waals surface area contributed by atoms with Crippen LogP contribution in [-0.2, 0) is 4.74 Å². The Kier molecular flexibility index (Phi) is 5.27. The first-order chi connectivity index (χ1) is 10.8. The molecule has 3 rings (SSSR count). The Morgan fingerprint density at radius 1 is 1.09 bits per heavy atom. The van der Waals surface area contributed by atoms with Crippen molar-refractivity contribution in [1.82, 2.24) is 4.90 Å². The van der Waals surface area contributed by atoms with Crippen LogP contribution in [0.3, 0.4) is 0 Å². The van der Waals surface area contributed by atoms with Crippen LogP contribution >= 0.6 is 0 Å². The van der Waals surface area contributed by atoms with Gasteiger partial charge in [0.25, 0.3) is 0 Å². The fourth-order valence-corrected chi connectivity index (χ4v) is 2.69. The van der Waals surface area contributed by atoms with Gasteiger partial charge in [-0.25, -0.2) is 0 Å². The van der Waals surface area contributed by atoms with Crippen LogP contribution in [0.2, 0.25) is 0 Å². The van der Waals surface area contributed by atoms with Crippen molar-refractivity contribution in [3.63, 3.8) is 0 Å². The number of aliphatic hydroxyl groups is 1. The number of aliphatic hydroxyl groups excluding tert-OH is 1. The summed E-state index contributed by atoms with van der Waals surface area (Å²) in [5, 5.41) is 12.4. The summed E-state index contributed by atoms with van der Waals surface area (Å²) in [5.74, 6) is 0.809. The Morgan fingerprint density at radius 2 is 1.86 bits per heavy atom. The second-order valence-electron chi connectivity index (χ2n) is 5.72. The highest BCUT2D eigenvalue weighted by Gasteiger charge is 2.13. The quantitative estimate of drug-likeness (QED) is 0.889. The lowest BCUT2D eigenvalue weighted by Gasteiger charge is -2.27. The molecule has 1 unspecified atom stereocenters. The van der Waals surface area contributed by atoms with E-state index in [1.54, 1.807) is 0 Å². The van der Waals surface area contributed by atoms with Crippen molar-refractivity contribution in [2.75, 3.05) is 39.5 Å². The van der Waals surface area contributed by atoms with Crippen molar-refractivity contribution in [3.05, 3.63) is 42.5 Å². The van der Waals surface area contributed by atoms with Gasteiger partial charge in [-0.05, 0) is 29.3 Å². The predicted molar refractivity (Wildman–Crippen MR) is 87.3 cm³/mol. The Balaban J connectivity index is 1.46. The van der Waals surface area contributed by atoms with E-state index in [4.69, 9.17) is 9.47 Å². The normalized spacial score (nSPS) is 17.5. The third-order valence-corrected chi connectivity index (χ3v) is 4.05. The van der Waals surface area contributed by atoms with Crippen LogP contribution in [-0.4, -0.2) is 55.6 Å². The lowest BCUT2D eigenvalue weighted by atomic mass is 10.1. The lowest BCUT2D eigenvalue weighted by Crippen LogP contribution is -2.38. The smallest absolute Gasteiger partial charge is 0.120 e. The van der Waals surface area contributed by atoms with Crippen molar-refractivity contribution in [1.29, 1.82) is 0 Å². The summed E-state index contributed by atoms with van der Waals surface area (Å²) in [5.41, 5.74) is 0. The molecule has 0 radical (unpaired) electrons. The summed E-state index contributed by atoms with van der Waals surface area (Å²) in [4.78, 5) is 2.32. The van der Waals surface area contributed by atoms with Gasteiger partial charge in [-0.2, -0.15) is 0 Å². The number of nitrogens with zero attached hydrogens (tertiary/aromatic N) is 1. The monoisotopic (exact) mass is 301 g/mol. The topological polar surface area (TPSA) is 41.9 Å². The highest BCUT2D eigenvalue weighted by Crippen LogP contribution is 2.20. The summed E-state index contributed by atoms with van der Waals surface area (Å²) in [6, 6.07) is 14.2. The van der Waals surface area contributed by atoms with Gasteiger partial charge in [0.1, 0.15) is 12.4 Å². The maximum absolute atomic E-state index is 10.1. The lowest BCUT2D eigenvalue weighted by molar-refractivity contribution is 0.0254. The van der Waals surface area contributed by atoms with Crippen molar-refractivity contribution in [3.8, 4) is 5.75 Å². The van der Waals surface area contributed by atoms with Crippen LogP contribution in [0.25, 0.3) is 10.8 Å². The van der Waals surface area contributed by atoms with Crippen LogP contribution in [0.5, 0.6) is 5.75 Å². The fraction of sp³-hybridized carbons (Fsp3) is 0.444. The minimum Gasteiger partial charge on any atom is -0.491 e. The standard InChI is InChI=1S/C18H23NO3/c20-17(7-8-19-9-11-21-12-10-19)14-22-18-6-5-15-3-1-2-4-16(15)13-18/h1-6,13,17,20H,7-12,14H2. The molecule has 4 nitrogen and oxygen atoms in total. The Hall–Kier alpha value is -1.62. The Labute approximate surface area is 131 Å². The highest BCUT2D eigenvalue weighted by atomic mass is 16.5. The van der Waals surface area contributed by atoms with E-state index in [0.29, 0.717) is 6.61 Å². The second-order valence-corrected chi connectivity index (χ2v) is 5.72. The predicted octanol–water partition coefficient (Wildman–Crippen LogP) is 2.30. The third-order valence-electron chi connectivity index (χ3n) is 4.05. The average molecular weight is 301 g/mol. The van der Waals surface area contributed by atoms with Gasteiger partial charge in [-0.3, -0.25) is 4.90 Å². The molecule has 0 aliphatic carbocycles. The van der Waals surface area contributed by atoms with E-state index < -0.39 is 6.10 Å². The first kappa shape index (κ1) is 15.3. The zero-order valence-corrected chi connectivity index (χ0v) is 12.8. The van der Waals surface area contributed by atoms with E-state index in [-0.39, 0.29) is 0 Å². The molecule has 2 aromatic rings. The molecular weight excluding hydrogens is 278 g/mol. The number of benzene rings is 2. The van der Waals surface area contributed by atoms with E-state index in [0.717, 1.165) is 50.4 Å². The van der Waals surface area contributed by atoms with Crippen LogP contribution in [0.15, 0.2) is 42.5 Å². The molecule has 118 valence electrons. The van der Waals surface area contributed by atoms with E-state index >= 15 is 0 Å². The highest BCUT2D eigenvalue weighted by molar-refractivity contribution is 5.83. The molecule has 0 saturated carbocycles. The van der Waals surface area contributed by atoms with Crippen molar-refractivity contribution >= 4 is 10.8 Å². The largest absolute Gasteiger partial charge is 0.491 e. The van der Waals surface area contributed by atoms with E-state index in [1.165, 1.54) is 5.39 Å². The van der Waals surface area contributed by atoms with Gasteiger partial charge in [0.15, 0.2) is 0 Å². The Morgan fingerprint density at radius 3 is 2.68 bits per heavy atom. The maximum atomic E-state index is 10.1. The molecule has 1 atom stereocenters. The summed E-state index contributed by atoms with van der Waals surface area (Å²) in [6.07, 6.45) is 0.294. The van der Waals surface area contributed by atoms with E-state index in [1.807, 2.05) is 30.3 Å². The van der Waals surface area contributed by atoms with Gasteiger partial charge >= 0.3 is 0 Å². The molecule has 2 aromatic carbocycles. The molecule has 1 aliphatic heterocycles. The van der Waals surface area contributed by atoms with Gasteiger partial charge in [0.05, 0.1) is 19.3 Å². The number of rotatable bonds is 6. The molecule has 0 bridgehead atoms. The van der Waals surface area contributed by atoms with Crippen molar-refractivity contribution in [2.45, 2.75) is 12.5 Å². The summed E-state index contributed by atoms with van der Waals surface area (Å²) in [6.45, 7) is 4.73. The minimum absolute atomic E-state index is 0.336. The molecule has 22 heavy (non-hydrogen) atoms. The molecule has 1 saturated heterocycles. The second kappa shape index (κ2) is 7.58. The van der Waals surface area contributed by atoms with Crippen LogP contribution in [0, 0.1) is 0 Å². The Bertz CT molecular complexity index is 596. The van der Waals surface area contributed by atoms with Crippen molar-refractivity contribution in [2.24, 2.45) is 0 Å². The molecule has 4 heteroatoms. The molecule has 1 aliphatic rings. The molecule has 1 heterocycles. The van der Waals surface area contributed by atoms with Gasteiger partial charge < -0.3 is 14.6 Å². The molecule has 0 spiro atoms. The number of ether oxygens (including phenoxy) is 2. The third kappa shape index (κ3) is 4.19. The van der Waals surface area contributed by atoms with E-state index in [2.05, 4.69) is 17.0 Å². The summed E-state index contributed by atoms with van der Waals surface area (Å²) in [7, 11) is 0. The number of hydrogen-bond acceptors (Lipinski definition) is 4. The SMILES string of the molecule is OC(CCN1CCOCC1)COc1ccc2ccccc2c1.